The van der Waals surface area contributed by atoms with Crippen LogP contribution in [0, 0.1) is 0 Å². The van der Waals surface area contributed by atoms with Crippen LogP contribution in [0.5, 0.6) is 0 Å². The molecule has 2 nitrogen and oxygen atoms in total. The van der Waals surface area contributed by atoms with Crippen molar-refractivity contribution in [3.63, 3.8) is 0 Å². The predicted molar refractivity (Wildman–Crippen MR) is 73.0 cm³/mol. The minimum Gasteiger partial charge on any atom is -0.459 e. The van der Waals surface area contributed by atoms with Crippen molar-refractivity contribution < 1.29 is 9.53 Å². The van der Waals surface area contributed by atoms with Crippen LogP contribution >= 0.6 is 0 Å². The van der Waals surface area contributed by atoms with E-state index in [0.29, 0.717) is 5.57 Å². The quantitative estimate of drug-likeness (QED) is 0.316. The maximum Gasteiger partial charge on any atom is 0.333 e. The molecule has 0 aliphatic heterocycles. The molecule has 0 bridgehead atoms. The van der Waals surface area contributed by atoms with Crippen molar-refractivity contribution in [2.24, 2.45) is 0 Å². The molecule has 2 heteroatoms. The van der Waals surface area contributed by atoms with Crippen LogP contribution in [-0.4, -0.2) is 12.1 Å². The zero-order chi connectivity index (χ0) is 13.1. The molecule has 0 aromatic carbocycles. The topological polar surface area (TPSA) is 26.3 Å². The second-order valence-electron chi connectivity index (χ2n) is 4.80. The summed E-state index contributed by atoms with van der Waals surface area (Å²) in [7, 11) is 0. The highest BCUT2D eigenvalue weighted by Crippen LogP contribution is 2.14. The van der Waals surface area contributed by atoms with Crippen LogP contribution in [-0.2, 0) is 9.53 Å². The highest BCUT2D eigenvalue weighted by atomic mass is 16.5. The molecule has 0 aliphatic carbocycles. The molecule has 0 aromatic rings. The van der Waals surface area contributed by atoms with Crippen LogP contribution in [0.3, 0.4) is 0 Å². The van der Waals surface area contributed by atoms with E-state index in [9.17, 15) is 4.79 Å². The first-order chi connectivity index (χ1) is 8.11. The monoisotopic (exact) mass is 240 g/mol. The number of hydrogen-bond donors (Lipinski definition) is 0. The number of unbranched alkanes of at least 4 members (excludes halogenated alkanes) is 4. The molecule has 1 unspecified atom stereocenters. The Hall–Kier alpha value is -0.790. The van der Waals surface area contributed by atoms with E-state index in [1.165, 1.54) is 25.7 Å². The maximum atomic E-state index is 11.4. The van der Waals surface area contributed by atoms with E-state index < -0.39 is 0 Å². The zero-order valence-electron chi connectivity index (χ0n) is 11.8. The van der Waals surface area contributed by atoms with Gasteiger partial charge in [0, 0.05) is 5.57 Å². The maximum absolute atomic E-state index is 11.4. The average molecular weight is 240 g/mol. The fourth-order valence-corrected chi connectivity index (χ4v) is 1.81. The number of rotatable bonds is 10. The highest BCUT2D eigenvalue weighted by molar-refractivity contribution is 5.87. The van der Waals surface area contributed by atoms with Crippen molar-refractivity contribution in [2.75, 3.05) is 0 Å². The standard InChI is InChI=1S/C15H28O2/c1-5-7-8-9-10-12-14(11-6-2)17-15(16)13(3)4/h14H,3,5-12H2,1-2,4H3. The highest BCUT2D eigenvalue weighted by Gasteiger charge is 2.13. The summed E-state index contributed by atoms with van der Waals surface area (Å²) < 4.78 is 5.42. The summed E-state index contributed by atoms with van der Waals surface area (Å²) in [4.78, 5) is 11.4. The molecule has 0 saturated carbocycles. The van der Waals surface area contributed by atoms with Crippen molar-refractivity contribution >= 4 is 5.97 Å². The smallest absolute Gasteiger partial charge is 0.333 e. The van der Waals surface area contributed by atoms with Crippen LogP contribution < -0.4 is 0 Å². The van der Waals surface area contributed by atoms with Crippen molar-refractivity contribution in [3.8, 4) is 0 Å². The summed E-state index contributed by atoms with van der Waals surface area (Å²) in [5.74, 6) is -0.239. The van der Waals surface area contributed by atoms with E-state index in [-0.39, 0.29) is 12.1 Å². The Labute approximate surface area is 106 Å². The lowest BCUT2D eigenvalue weighted by molar-refractivity contribution is -0.144. The first-order valence-corrected chi connectivity index (χ1v) is 6.98. The Morgan fingerprint density at radius 2 is 1.71 bits per heavy atom. The van der Waals surface area contributed by atoms with Crippen molar-refractivity contribution in [2.45, 2.75) is 78.2 Å². The van der Waals surface area contributed by atoms with Gasteiger partial charge in [-0.25, -0.2) is 4.79 Å². The molecule has 0 N–H and O–H groups in total. The van der Waals surface area contributed by atoms with Gasteiger partial charge in [-0.1, -0.05) is 52.5 Å². The molecule has 1 atom stereocenters. The van der Waals surface area contributed by atoms with E-state index in [1.54, 1.807) is 6.92 Å². The van der Waals surface area contributed by atoms with E-state index >= 15 is 0 Å². The van der Waals surface area contributed by atoms with Gasteiger partial charge in [0.05, 0.1) is 0 Å². The van der Waals surface area contributed by atoms with Gasteiger partial charge in [-0.15, -0.1) is 0 Å². The molecular weight excluding hydrogens is 212 g/mol. The molecule has 0 aromatic heterocycles. The number of carbonyl (C=O) groups excluding carboxylic acids is 1. The van der Waals surface area contributed by atoms with Crippen LogP contribution in [0.25, 0.3) is 0 Å². The van der Waals surface area contributed by atoms with Gasteiger partial charge in [0.2, 0.25) is 0 Å². The van der Waals surface area contributed by atoms with Crippen molar-refractivity contribution in [3.05, 3.63) is 12.2 Å². The number of hydrogen-bond acceptors (Lipinski definition) is 2. The van der Waals surface area contributed by atoms with Crippen LogP contribution in [0.2, 0.25) is 0 Å². The molecule has 0 saturated heterocycles. The fraction of sp³-hybridized carbons (Fsp3) is 0.800. The van der Waals surface area contributed by atoms with Crippen LogP contribution in [0.15, 0.2) is 12.2 Å². The normalized spacial score (nSPS) is 12.2. The van der Waals surface area contributed by atoms with Gasteiger partial charge in [-0.2, -0.15) is 0 Å². The lowest BCUT2D eigenvalue weighted by Gasteiger charge is -2.17. The van der Waals surface area contributed by atoms with Gasteiger partial charge in [-0.3, -0.25) is 0 Å². The Morgan fingerprint density at radius 1 is 1.06 bits per heavy atom. The van der Waals surface area contributed by atoms with Gasteiger partial charge < -0.3 is 4.74 Å². The molecule has 17 heavy (non-hydrogen) atoms. The number of ether oxygens (including phenoxy) is 1. The average Bonchev–Trinajstić information content (AvgIpc) is 2.28. The Bertz CT molecular complexity index is 221. The molecule has 0 amide bonds. The number of esters is 1. The van der Waals surface area contributed by atoms with Gasteiger partial charge in [-0.05, 0) is 26.2 Å². The third-order valence-corrected chi connectivity index (χ3v) is 2.86. The summed E-state index contributed by atoms with van der Waals surface area (Å²) in [6, 6.07) is 0. The molecule has 100 valence electrons. The van der Waals surface area contributed by atoms with E-state index in [2.05, 4.69) is 20.4 Å². The summed E-state index contributed by atoms with van der Waals surface area (Å²) >= 11 is 0. The minimum absolute atomic E-state index is 0.0887. The zero-order valence-corrected chi connectivity index (χ0v) is 11.8. The summed E-state index contributed by atoms with van der Waals surface area (Å²) in [5.41, 5.74) is 0.497. The van der Waals surface area contributed by atoms with E-state index in [0.717, 1.165) is 25.7 Å². The van der Waals surface area contributed by atoms with Gasteiger partial charge >= 0.3 is 5.97 Å². The minimum atomic E-state index is -0.239. The third kappa shape index (κ3) is 8.96. The summed E-state index contributed by atoms with van der Waals surface area (Å²) in [5, 5.41) is 0. The van der Waals surface area contributed by atoms with Crippen LogP contribution in [0.4, 0.5) is 0 Å². The van der Waals surface area contributed by atoms with Gasteiger partial charge in [0.15, 0.2) is 0 Å². The van der Waals surface area contributed by atoms with Crippen LogP contribution in [0.1, 0.15) is 72.1 Å². The second-order valence-corrected chi connectivity index (χ2v) is 4.80. The van der Waals surface area contributed by atoms with E-state index in [1.807, 2.05) is 0 Å². The van der Waals surface area contributed by atoms with Crippen molar-refractivity contribution in [1.29, 1.82) is 0 Å². The molecule has 0 rings (SSSR count). The van der Waals surface area contributed by atoms with Crippen molar-refractivity contribution in [1.82, 2.24) is 0 Å². The Kier molecular flexibility index (Phi) is 9.89. The predicted octanol–water partition coefficient (Wildman–Crippen LogP) is 4.63. The third-order valence-electron chi connectivity index (χ3n) is 2.86. The largest absolute Gasteiger partial charge is 0.459 e. The molecular formula is C15H28O2. The van der Waals surface area contributed by atoms with Gasteiger partial charge in [0.25, 0.3) is 0 Å². The summed E-state index contributed by atoms with van der Waals surface area (Å²) in [6.07, 6.45) is 9.39. The first-order valence-electron chi connectivity index (χ1n) is 6.98. The molecule has 0 heterocycles. The lowest BCUT2D eigenvalue weighted by Crippen LogP contribution is -2.18. The molecule has 0 fully saturated rings. The lowest BCUT2D eigenvalue weighted by atomic mass is 10.0. The second kappa shape index (κ2) is 10.4. The first kappa shape index (κ1) is 16.2. The summed E-state index contributed by atoms with van der Waals surface area (Å²) in [6.45, 7) is 9.66. The molecule has 0 aliphatic rings. The van der Waals surface area contributed by atoms with Gasteiger partial charge in [0.1, 0.15) is 6.10 Å². The molecule has 0 radical (unpaired) electrons. The Balaban J connectivity index is 3.81. The molecule has 0 spiro atoms. The number of carbonyl (C=O) groups is 1. The SMILES string of the molecule is C=C(C)C(=O)OC(CCC)CCCCCCC. The van der Waals surface area contributed by atoms with E-state index in [4.69, 9.17) is 4.74 Å². The fourth-order valence-electron chi connectivity index (χ4n) is 1.81. The Morgan fingerprint density at radius 3 is 2.24 bits per heavy atom.